The molecule has 17 heavy (non-hydrogen) atoms. The Morgan fingerprint density at radius 1 is 1.24 bits per heavy atom. The van der Waals surface area contributed by atoms with E-state index in [9.17, 15) is 0 Å². The fourth-order valence-electron chi connectivity index (χ4n) is 3.21. The molecular formula is C14H18Cl2Hf. The Balaban J connectivity index is 0.000000722. The molecule has 0 amide bonds. The molecule has 3 heteroatoms. The summed E-state index contributed by atoms with van der Waals surface area (Å²) in [7, 11) is 0. The van der Waals surface area contributed by atoms with Crippen molar-refractivity contribution in [1.29, 1.82) is 0 Å². The molecule has 1 aliphatic heterocycles. The van der Waals surface area contributed by atoms with Gasteiger partial charge in [-0.1, -0.05) is 0 Å². The fraction of sp³-hybridized carbons (Fsp3) is 0.429. The Labute approximate surface area is 121 Å². The fourth-order valence-corrected chi connectivity index (χ4v) is 25.7. The van der Waals surface area contributed by atoms with Crippen molar-refractivity contribution in [3.63, 3.8) is 0 Å². The zero-order valence-corrected chi connectivity index (χ0v) is 15.4. The van der Waals surface area contributed by atoms with E-state index in [1.165, 1.54) is 12.0 Å². The molecule has 0 N–H and O–H groups in total. The maximum absolute atomic E-state index is 2.53. The van der Waals surface area contributed by atoms with Crippen LogP contribution in [0.2, 0.25) is 8.35 Å². The van der Waals surface area contributed by atoms with E-state index in [1.54, 1.807) is 8.35 Å². The molecule has 92 valence electrons. The third kappa shape index (κ3) is 2.57. The van der Waals surface area contributed by atoms with Crippen LogP contribution in [-0.2, 0) is 20.0 Å². The monoisotopic (exact) mass is 436 g/mol. The van der Waals surface area contributed by atoms with Crippen molar-refractivity contribution in [2.45, 2.75) is 28.6 Å². The molecule has 0 aromatic carbocycles. The molecule has 0 nitrogen and oxygen atoms in total. The van der Waals surface area contributed by atoms with Gasteiger partial charge in [0.25, 0.3) is 0 Å². The minimum atomic E-state index is -2.02. The molecule has 1 atom stereocenters. The van der Waals surface area contributed by atoms with Crippen LogP contribution in [0.15, 0.2) is 42.6 Å². The maximum atomic E-state index is 2.53. The van der Waals surface area contributed by atoms with E-state index in [0.717, 1.165) is 5.92 Å². The molecule has 0 saturated carbocycles. The zero-order chi connectivity index (χ0) is 10.5. The molecule has 1 saturated heterocycles. The number of allylic oxidation sites excluding steroid dienone is 8. The van der Waals surface area contributed by atoms with Gasteiger partial charge in [-0.25, -0.2) is 0 Å². The summed E-state index contributed by atoms with van der Waals surface area (Å²) in [6.07, 6.45) is 13.3. The SMILES string of the molecule is CC1=CC(C)[C]([Hf+2]2([C]3=CC=CC3)[CH2][CH2]2)=C1.[Cl-].[Cl-]. The van der Waals surface area contributed by atoms with Crippen molar-refractivity contribution in [1.82, 2.24) is 0 Å². The van der Waals surface area contributed by atoms with Gasteiger partial charge in [0.15, 0.2) is 0 Å². The molecule has 0 bridgehead atoms. The number of rotatable bonds is 2. The summed E-state index contributed by atoms with van der Waals surface area (Å²) in [4.78, 5) is 0. The van der Waals surface area contributed by atoms with E-state index >= 15 is 0 Å². The Bertz CT molecular complexity index is 426. The maximum Gasteiger partial charge on any atom is -1.00 e. The number of hydrogen-bond acceptors (Lipinski definition) is 0. The second kappa shape index (κ2) is 5.59. The Kier molecular flexibility index (Phi) is 5.08. The van der Waals surface area contributed by atoms with Crippen LogP contribution in [0.4, 0.5) is 0 Å². The molecular weight excluding hydrogens is 418 g/mol. The van der Waals surface area contributed by atoms with Crippen molar-refractivity contribution in [2.24, 2.45) is 5.92 Å². The summed E-state index contributed by atoms with van der Waals surface area (Å²) >= 11 is -2.02. The summed E-state index contributed by atoms with van der Waals surface area (Å²) in [6, 6.07) is 0. The van der Waals surface area contributed by atoms with Crippen LogP contribution in [0.1, 0.15) is 20.3 Å². The van der Waals surface area contributed by atoms with Crippen LogP contribution < -0.4 is 24.8 Å². The smallest absolute Gasteiger partial charge is 1.00 e. The quantitative estimate of drug-likeness (QED) is 0.455. The molecule has 1 heterocycles. The summed E-state index contributed by atoms with van der Waals surface area (Å²) in [5, 5.41) is 0. The molecule has 1 unspecified atom stereocenters. The van der Waals surface area contributed by atoms with Crippen molar-refractivity contribution in [3.05, 3.63) is 42.6 Å². The van der Waals surface area contributed by atoms with Crippen LogP contribution in [0.25, 0.3) is 0 Å². The Morgan fingerprint density at radius 3 is 2.35 bits per heavy atom. The van der Waals surface area contributed by atoms with Gasteiger partial charge in [-0.05, 0) is 0 Å². The molecule has 3 rings (SSSR count). The molecule has 0 aromatic heterocycles. The van der Waals surface area contributed by atoms with Gasteiger partial charge in [-0.15, -0.1) is 0 Å². The van der Waals surface area contributed by atoms with Crippen LogP contribution in [0, 0.1) is 5.92 Å². The van der Waals surface area contributed by atoms with Gasteiger partial charge in [0.05, 0.1) is 0 Å². The first-order chi connectivity index (χ1) is 7.22. The summed E-state index contributed by atoms with van der Waals surface area (Å²) < 4.78 is 6.97. The van der Waals surface area contributed by atoms with Gasteiger partial charge >= 0.3 is 97.1 Å². The van der Waals surface area contributed by atoms with Crippen LogP contribution >= 0.6 is 0 Å². The Morgan fingerprint density at radius 2 is 1.94 bits per heavy atom. The normalized spacial score (nSPS) is 25.8. The van der Waals surface area contributed by atoms with E-state index in [2.05, 4.69) is 44.2 Å². The van der Waals surface area contributed by atoms with Gasteiger partial charge in [0.2, 0.25) is 0 Å². The van der Waals surface area contributed by atoms with E-state index in [0.29, 0.717) is 0 Å². The van der Waals surface area contributed by atoms with Crippen molar-refractivity contribution in [3.8, 4) is 0 Å². The van der Waals surface area contributed by atoms with Gasteiger partial charge in [-0.3, -0.25) is 0 Å². The number of hydrogen-bond donors (Lipinski definition) is 0. The molecule has 1 fully saturated rings. The first-order valence-electron chi connectivity index (χ1n) is 5.99. The average molecular weight is 436 g/mol. The largest absolute Gasteiger partial charge is 1.00 e. The van der Waals surface area contributed by atoms with E-state index < -0.39 is 20.0 Å². The topological polar surface area (TPSA) is 0 Å². The second-order valence-corrected chi connectivity index (χ2v) is 21.0. The van der Waals surface area contributed by atoms with Crippen molar-refractivity contribution < 1.29 is 44.8 Å². The van der Waals surface area contributed by atoms with Gasteiger partial charge in [0, 0.05) is 0 Å². The van der Waals surface area contributed by atoms with Crippen molar-refractivity contribution >= 4 is 0 Å². The van der Waals surface area contributed by atoms with E-state index in [4.69, 9.17) is 0 Å². The van der Waals surface area contributed by atoms with Gasteiger partial charge in [0.1, 0.15) is 0 Å². The minimum Gasteiger partial charge on any atom is -1.00 e. The third-order valence-electron chi connectivity index (χ3n) is 4.08. The second-order valence-electron chi connectivity index (χ2n) is 5.21. The van der Waals surface area contributed by atoms with Crippen LogP contribution in [-0.4, -0.2) is 0 Å². The van der Waals surface area contributed by atoms with Crippen LogP contribution in [0.3, 0.4) is 0 Å². The standard InChI is InChI=1S/C7H9.C5H5.C2H4.2ClH.Hf/c1-6-3-4-7(2)5-6;1-2-4-5-3-1;1-2;;;/h3,5,7H,1-2H3;1-3H,4H2;1-2H2;2*1H;/q;;;;;+2/p-2. The summed E-state index contributed by atoms with van der Waals surface area (Å²) in [5.41, 5.74) is 1.51. The molecule has 2 aliphatic carbocycles. The third-order valence-corrected chi connectivity index (χ3v) is 21.3. The van der Waals surface area contributed by atoms with E-state index in [-0.39, 0.29) is 24.8 Å². The predicted octanol–water partition coefficient (Wildman–Crippen LogP) is -1.68. The number of halogens is 2. The summed E-state index contributed by atoms with van der Waals surface area (Å²) in [6.45, 7) is 4.65. The van der Waals surface area contributed by atoms with E-state index in [1.807, 2.05) is 6.66 Å². The minimum absolute atomic E-state index is 0. The average Bonchev–Trinajstić information content (AvgIpc) is 2.68. The Hall–Kier alpha value is 0.410. The summed E-state index contributed by atoms with van der Waals surface area (Å²) in [5.74, 6) is 0.760. The van der Waals surface area contributed by atoms with Gasteiger partial charge in [-0.2, -0.15) is 0 Å². The zero-order valence-electron chi connectivity index (χ0n) is 10.3. The molecule has 0 spiro atoms. The molecule has 0 aromatic rings. The predicted molar refractivity (Wildman–Crippen MR) is 62.5 cm³/mol. The first-order valence-corrected chi connectivity index (χ1v) is 14.7. The van der Waals surface area contributed by atoms with Gasteiger partial charge < -0.3 is 24.8 Å². The molecule has 3 aliphatic rings. The first kappa shape index (κ1) is 15.5. The molecule has 0 radical (unpaired) electrons. The van der Waals surface area contributed by atoms with Crippen LogP contribution in [0.5, 0.6) is 0 Å². The van der Waals surface area contributed by atoms with Crippen molar-refractivity contribution in [2.75, 3.05) is 0 Å².